The first-order valence-electron chi connectivity index (χ1n) is 4.33. The maximum absolute atomic E-state index is 8.62. The van der Waals surface area contributed by atoms with E-state index in [1.807, 2.05) is 31.2 Å². The summed E-state index contributed by atoms with van der Waals surface area (Å²) in [6, 6.07) is 7.91. The molecule has 0 aromatic heterocycles. The topological polar surface area (TPSA) is 29.5 Å². The Morgan fingerprint density at radius 1 is 1.31 bits per heavy atom. The standard InChI is InChI=1S/C10H14O2S/c1-2-12-9-3-5-10(6-4-9)13-8-7-11/h3-6,11H,2,7-8H2,1H3. The van der Waals surface area contributed by atoms with Gasteiger partial charge in [-0.15, -0.1) is 11.8 Å². The van der Waals surface area contributed by atoms with Crippen LogP contribution in [0.1, 0.15) is 6.92 Å². The summed E-state index contributed by atoms with van der Waals surface area (Å²) in [6.45, 7) is 2.88. The zero-order valence-electron chi connectivity index (χ0n) is 7.69. The van der Waals surface area contributed by atoms with E-state index in [4.69, 9.17) is 9.84 Å². The molecule has 0 spiro atoms. The molecule has 13 heavy (non-hydrogen) atoms. The zero-order chi connectivity index (χ0) is 9.52. The maximum atomic E-state index is 8.62. The number of aliphatic hydroxyl groups is 1. The second-order valence-corrected chi connectivity index (χ2v) is 3.64. The van der Waals surface area contributed by atoms with E-state index in [1.165, 1.54) is 0 Å². The van der Waals surface area contributed by atoms with Crippen LogP contribution in [0.15, 0.2) is 29.2 Å². The molecule has 0 aliphatic carbocycles. The minimum Gasteiger partial charge on any atom is -0.494 e. The summed E-state index contributed by atoms with van der Waals surface area (Å²) in [5, 5.41) is 8.62. The molecule has 0 unspecified atom stereocenters. The van der Waals surface area contributed by atoms with Crippen LogP contribution in [0.2, 0.25) is 0 Å². The quantitative estimate of drug-likeness (QED) is 0.735. The van der Waals surface area contributed by atoms with Crippen LogP contribution in [-0.2, 0) is 0 Å². The van der Waals surface area contributed by atoms with Gasteiger partial charge >= 0.3 is 0 Å². The van der Waals surface area contributed by atoms with Gasteiger partial charge in [0.1, 0.15) is 5.75 Å². The van der Waals surface area contributed by atoms with Crippen molar-refractivity contribution in [2.45, 2.75) is 11.8 Å². The van der Waals surface area contributed by atoms with Crippen molar-refractivity contribution in [1.29, 1.82) is 0 Å². The molecule has 0 atom stereocenters. The molecular weight excluding hydrogens is 184 g/mol. The van der Waals surface area contributed by atoms with Crippen LogP contribution < -0.4 is 4.74 Å². The van der Waals surface area contributed by atoms with E-state index >= 15 is 0 Å². The second-order valence-electron chi connectivity index (χ2n) is 2.48. The lowest BCUT2D eigenvalue weighted by atomic mass is 10.3. The minimum atomic E-state index is 0.220. The summed E-state index contributed by atoms with van der Waals surface area (Å²) in [7, 11) is 0. The van der Waals surface area contributed by atoms with Crippen LogP contribution in [0.3, 0.4) is 0 Å². The van der Waals surface area contributed by atoms with Crippen molar-refractivity contribution in [1.82, 2.24) is 0 Å². The van der Waals surface area contributed by atoms with E-state index in [0.717, 1.165) is 16.4 Å². The molecule has 2 nitrogen and oxygen atoms in total. The van der Waals surface area contributed by atoms with Crippen molar-refractivity contribution in [3.05, 3.63) is 24.3 Å². The maximum Gasteiger partial charge on any atom is 0.119 e. The number of thioether (sulfide) groups is 1. The van der Waals surface area contributed by atoms with Gasteiger partial charge in [-0.25, -0.2) is 0 Å². The molecule has 1 aromatic carbocycles. The summed E-state index contributed by atoms with van der Waals surface area (Å²) in [4.78, 5) is 1.16. The molecule has 0 fully saturated rings. The number of ether oxygens (including phenoxy) is 1. The highest BCUT2D eigenvalue weighted by molar-refractivity contribution is 7.99. The number of hydrogen-bond acceptors (Lipinski definition) is 3. The molecule has 1 rings (SSSR count). The fraction of sp³-hybridized carbons (Fsp3) is 0.400. The highest BCUT2D eigenvalue weighted by Crippen LogP contribution is 2.20. The Labute approximate surface area is 82.9 Å². The minimum absolute atomic E-state index is 0.220. The van der Waals surface area contributed by atoms with Gasteiger partial charge in [-0.2, -0.15) is 0 Å². The Morgan fingerprint density at radius 2 is 2.00 bits per heavy atom. The molecule has 0 saturated heterocycles. The van der Waals surface area contributed by atoms with Crippen molar-refractivity contribution in [3.63, 3.8) is 0 Å². The van der Waals surface area contributed by atoms with Gasteiger partial charge in [-0.3, -0.25) is 0 Å². The van der Waals surface area contributed by atoms with Gasteiger partial charge in [0.15, 0.2) is 0 Å². The lowest BCUT2D eigenvalue weighted by Gasteiger charge is -2.03. The molecule has 1 N–H and O–H groups in total. The third kappa shape index (κ3) is 3.70. The van der Waals surface area contributed by atoms with Crippen LogP contribution in [0.25, 0.3) is 0 Å². The third-order valence-corrected chi connectivity index (χ3v) is 2.49. The molecule has 0 aliphatic heterocycles. The largest absolute Gasteiger partial charge is 0.494 e. The number of aliphatic hydroxyl groups excluding tert-OH is 1. The molecule has 72 valence electrons. The lowest BCUT2D eigenvalue weighted by Crippen LogP contribution is -1.90. The molecular formula is C10H14O2S. The fourth-order valence-corrected chi connectivity index (χ4v) is 1.62. The molecule has 0 bridgehead atoms. The average Bonchev–Trinajstić information content (AvgIpc) is 2.17. The summed E-state index contributed by atoms with van der Waals surface area (Å²) < 4.78 is 5.31. The Balaban J connectivity index is 2.48. The fourth-order valence-electron chi connectivity index (χ4n) is 0.962. The van der Waals surface area contributed by atoms with Crippen LogP contribution in [0, 0.1) is 0 Å². The molecule has 0 heterocycles. The van der Waals surface area contributed by atoms with Crippen LogP contribution in [-0.4, -0.2) is 24.1 Å². The molecule has 0 aliphatic rings. The summed E-state index contributed by atoms with van der Waals surface area (Å²) in [5.74, 6) is 1.64. The summed E-state index contributed by atoms with van der Waals surface area (Å²) in [5.41, 5.74) is 0. The van der Waals surface area contributed by atoms with Crippen molar-refractivity contribution in [2.24, 2.45) is 0 Å². The van der Waals surface area contributed by atoms with Crippen molar-refractivity contribution in [3.8, 4) is 5.75 Å². The first-order valence-corrected chi connectivity index (χ1v) is 5.32. The van der Waals surface area contributed by atoms with E-state index in [9.17, 15) is 0 Å². The predicted octanol–water partition coefficient (Wildman–Crippen LogP) is 2.17. The smallest absolute Gasteiger partial charge is 0.119 e. The van der Waals surface area contributed by atoms with E-state index < -0.39 is 0 Å². The molecule has 1 aromatic rings. The average molecular weight is 198 g/mol. The molecule has 3 heteroatoms. The van der Waals surface area contributed by atoms with Crippen LogP contribution >= 0.6 is 11.8 Å². The predicted molar refractivity (Wildman–Crippen MR) is 55.4 cm³/mol. The van der Waals surface area contributed by atoms with Gasteiger partial charge < -0.3 is 9.84 Å². The van der Waals surface area contributed by atoms with E-state index in [-0.39, 0.29) is 6.61 Å². The normalized spacial score (nSPS) is 10.0. The van der Waals surface area contributed by atoms with Gasteiger partial charge in [0.05, 0.1) is 13.2 Å². The number of rotatable bonds is 5. The van der Waals surface area contributed by atoms with Gasteiger partial charge in [-0.1, -0.05) is 0 Å². The van der Waals surface area contributed by atoms with E-state index in [0.29, 0.717) is 6.61 Å². The van der Waals surface area contributed by atoms with Gasteiger partial charge in [0.2, 0.25) is 0 Å². The van der Waals surface area contributed by atoms with Gasteiger partial charge in [-0.05, 0) is 31.2 Å². The Kier molecular flexibility index (Phi) is 4.72. The number of hydrogen-bond donors (Lipinski definition) is 1. The monoisotopic (exact) mass is 198 g/mol. The third-order valence-electron chi connectivity index (χ3n) is 1.49. The first kappa shape index (κ1) is 10.4. The SMILES string of the molecule is CCOc1ccc(SCCO)cc1. The molecule has 0 amide bonds. The van der Waals surface area contributed by atoms with Gasteiger partial charge in [0, 0.05) is 10.6 Å². The van der Waals surface area contributed by atoms with E-state index in [1.54, 1.807) is 11.8 Å². The molecule has 0 saturated carbocycles. The Morgan fingerprint density at radius 3 is 2.54 bits per heavy atom. The first-order chi connectivity index (χ1) is 6.36. The Hall–Kier alpha value is -0.670. The highest BCUT2D eigenvalue weighted by Gasteiger charge is 1.94. The molecule has 0 radical (unpaired) electrons. The van der Waals surface area contributed by atoms with E-state index in [2.05, 4.69) is 0 Å². The summed E-state index contributed by atoms with van der Waals surface area (Å²) >= 11 is 1.64. The number of benzene rings is 1. The Bertz CT molecular complexity index is 233. The zero-order valence-corrected chi connectivity index (χ0v) is 8.51. The second kappa shape index (κ2) is 5.89. The highest BCUT2D eigenvalue weighted by atomic mass is 32.2. The van der Waals surface area contributed by atoms with Crippen LogP contribution in [0.5, 0.6) is 5.75 Å². The van der Waals surface area contributed by atoms with Crippen molar-refractivity contribution in [2.75, 3.05) is 19.0 Å². The van der Waals surface area contributed by atoms with Gasteiger partial charge in [0.25, 0.3) is 0 Å². The lowest BCUT2D eigenvalue weighted by molar-refractivity contribution is 0.322. The van der Waals surface area contributed by atoms with Crippen LogP contribution in [0.4, 0.5) is 0 Å². The van der Waals surface area contributed by atoms with Crippen molar-refractivity contribution < 1.29 is 9.84 Å². The van der Waals surface area contributed by atoms with Crippen molar-refractivity contribution >= 4 is 11.8 Å². The summed E-state index contributed by atoms with van der Waals surface area (Å²) in [6.07, 6.45) is 0.